The minimum atomic E-state index is -7.26. The quantitative estimate of drug-likeness (QED) is 0.362. The Kier molecular flexibility index (Phi) is 4.83. The van der Waals surface area contributed by atoms with Crippen molar-refractivity contribution in [2.75, 3.05) is 0 Å². The van der Waals surface area contributed by atoms with E-state index in [-0.39, 0.29) is 6.42 Å². The van der Waals surface area contributed by atoms with Crippen molar-refractivity contribution in [1.82, 2.24) is 0 Å². The first-order valence-electron chi connectivity index (χ1n) is 8.85. The van der Waals surface area contributed by atoms with Crippen LogP contribution in [-0.4, -0.2) is 36.3 Å². The number of rotatable bonds is 3. The van der Waals surface area contributed by atoms with Gasteiger partial charge in [0.05, 0.1) is 5.41 Å². The number of hydrogen-bond donors (Lipinski definition) is 0. The molecule has 0 N–H and O–H groups in total. The Morgan fingerprint density at radius 2 is 0.774 bits per heavy atom. The van der Waals surface area contributed by atoms with Gasteiger partial charge in [-0.25, -0.2) is 0 Å². The second-order valence-electron chi connectivity index (χ2n) is 8.65. The van der Waals surface area contributed by atoms with Crippen LogP contribution >= 0.6 is 0 Å². The summed E-state index contributed by atoms with van der Waals surface area (Å²) in [7, 11) is 0. The molecule has 4 fully saturated rings. The highest BCUT2D eigenvalue weighted by Crippen LogP contribution is 2.83. The van der Waals surface area contributed by atoms with Crippen molar-refractivity contribution in [1.29, 1.82) is 0 Å². The molecule has 4 bridgehead atoms. The van der Waals surface area contributed by atoms with Crippen molar-refractivity contribution in [2.45, 2.75) is 68.4 Å². The van der Waals surface area contributed by atoms with Crippen LogP contribution in [0, 0.1) is 28.6 Å². The van der Waals surface area contributed by atoms with Gasteiger partial charge in [-0.15, -0.1) is 0 Å². The van der Waals surface area contributed by atoms with E-state index in [2.05, 4.69) is 0 Å². The predicted molar refractivity (Wildman–Crippen MR) is 71.4 cm³/mol. The number of halogens is 15. The Labute approximate surface area is 164 Å². The SMILES string of the molecule is FC(F)(F)C(F)(F)C12CC3CC(CC(C3)C1(C(F)(F)C(F)(F)F)C(F)(F)C(F)(F)F)C2. The van der Waals surface area contributed by atoms with Gasteiger partial charge >= 0.3 is 36.3 Å². The van der Waals surface area contributed by atoms with Crippen molar-refractivity contribution in [2.24, 2.45) is 28.6 Å². The van der Waals surface area contributed by atoms with Crippen LogP contribution in [0.2, 0.25) is 0 Å². The zero-order valence-corrected chi connectivity index (χ0v) is 14.9. The van der Waals surface area contributed by atoms with Gasteiger partial charge in [-0.2, -0.15) is 65.9 Å². The second-order valence-corrected chi connectivity index (χ2v) is 8.65. The summed E-state index contributed by atoms with van der Waals surface area (Å²) < 4.78 is 208. The average Bonchev–Trinajstić information content (AvgIpc) is 2.50. The summed E-state index contributed by atoms with van der Waals surface area (Å²) in [6, 6.07) is 0. The molecule has 2 unspecified atom stereocenters. The standard InChI is InChI=1S/C16H13F15/c17-11(18,14(23,24)25)9-4-6-1-7(5-9)3-8(2-6)10(9,12(19,20)15(26,27)28)13(21,22)16(29,30)31/h6-8H,1-5H2. The largest absolute Gasteiger partial charge is 0.454 e. The maximum absolute atomic E-state index is 14.7. The van der Waals surface area contributed by atoms with Gasteiger partial charge in [-0.3, -0.25) is 0 Å². The number of alkyl halides is 15. The zero-order chi connectivity index (χ0) is 24.3. The van der Waals surface area contributed by atoms with Gasteiger partial charge in [0.2, 0.25) is 0 Å². The van der Waals surface area contributed by atoms with E-state index in [1.165, 1.54) is 0 Å². The molecule has 4 saturated carbocycles. The predicted octanol–water partition coefficient (Wildman–Crippen LogP) is 7.39. The molecule has 2 atom stereocenters. The Morgan fingerprint density at radius 1 is 0.452 bits per heavy atom. The van der Waals surface area contributed by atoms with E-state index in [9.17, 15) is 65.9 Å². The Hall–Kier alpha value is -1.05. The minimum absolute atomic E-state index is 0.239. The molecule has 0 saturated heterocycles. The van der Waals surface area contributed by atoms with Gasteiger partial charge in [-0.05, 0) is 49.9 Å². The summed E-state index contributed by atoms with van der Waals surface area (Å²) in [4.78, 5) is 0. The van der Waals surface area contributed by atoms with Crippen molar-refractivity contribution in [3.05, 3.63) is 0 Å². The average molecular weight is 490 g/mol. The topological polar surface area (TPSA) is 0 Å². The van der Waals surface area contributed by atoms with Gasteiger partial charge in [0.25, 0.3) is 0 Å². The molecular weight excluding hydrogens is 477 g/mol. The summed E-state index contributed by atoms with van der Waals surface area (Å²) in [5, 5.41) is 0. The van der Waals surface area contributed by atoms with Crippen LogP contribution in [0.25, 0.3) is 0 Å². The van der Waals surface area contributed by atoms with Crippen LogP contribution in [0.15, 0.2) is 0 Å². The van der Waals surface area contributed by atoms with E-state index in [1.807, 2.05) is 0 Å². The molecule has 31 heavy (non-hydrogen) atoms. The van der Waals surface area contributed by atoms with E-state index in [1.54, 1.807) is 0 Å². The lowest BCUT2D eigenvalue weighted by molar-refractivity contribution is -0.497. The summed E-state index contributed by atoms with van der Waals surface area (Å²) >= 11 is 0. The highest BCUT2D eigenvalue weighted by atomic mass is 19.4. The van der Waals surface area contributed by atoms with Crippen molar-refractivity contribution < 1.29 is 65.9 Å². The van der Waals surface area contributed by atoms with Gasteiger partial charge in [0.15, 0.2) is 0 Å². The van der Waals surface area contributed by atoms with Crippen LogP contribution in [0.3, 0.4) is 0 Å². The molecule has 4 rings (SSSR count). The molecule has 4 aliphatic carbocycles. The highest BCUT2D eigenvalue weighted by molar-refractivity contribution is 5.28. The third-order valence-electron chi connectivity index (χ3n) is 7.20. The third kappa shape index (κ3) is 2.60. The summed E-state index contributed by atoms with van der Waals surface area (Å²) in [6.07, 6.45) is -28.0. The van der Waals surface area contributed by atoms with Gasteiger partial charge in [0, 0.05) is 0 Å². The Balaban J connectivity index is 2.51. The molecule has 0 spiro atoms. The molecule has 0 aliphatic heterocycles. The maximum Gasteiger partial charge on any atom is 0.454 e. The molecule has 0 aromatic heterocycles. The fourth-order valence-electron chi connectivity index (χ4n) is 6.57. The molecule has 0 heterocycles. The van der Waals surface area contributed by atoms with Crippen LogP contribution in [0.5, 0.6) is 0 Å². The molecule has 0 radical (unpaired) electrons. The molecular formula is C16H13F15. The monoisotopic (exact) mass is 490 g/mol. The van der Waals surface area contributed by atoms with Crippen LogP contribution in [0.4, 0.5) is 65.9 Å². The third-order valence-corrected chi connectivity index (χ3v) is 7.20. The molecule has 15 heteroatoms. The summed E-state index contributed by atoms with van der Waals surface area (Å²) in [5.41, 5.74) is -11.1. The first kappa shape index (κ1) is 24.6. The van der Waals surface area contributed by atoms with E-state index in [4.69, 9.17) is 0 Å². The summed E-state index contributed by atoms with van der Waals surface area (Å²) in [6.45, 7) is 0. The highest BCUT2D eigenvalue weighted by Gasteiger charge is 2.97. The molecule has 4 aliphatic rings. The Bertz CT molecular complexity index is 685. The fraction of sp³-hybridized carbons (Fsp3) is 1.00. The molecule has 0 aromatic carbocycles. The lowest BCUT2D eigenvalue weighted by atomic mass is 9.34. The molecule has 0 nitrogen and oxygen atoms in total. The van der Waals surface area contributed by atoms with Crippen LogP contribution < -0.4 is 0 Å². The van der Waals surface area contributed by atoms with Gasteiger partial charge in [-0.1, -0.05) is 0 Å². The van der Waals surface area contributed by atoms with Gasteiger partial charge in [0.1, 0.15) is 5.41 Å². The van der Waals surface area contributed by atoms with Gasteiger partial charge < -0.3 is 0 Å². The first-order valence-corrected chi connectivity index (χ1v) is 8.85. The molecule has 0 amide bonds. The molecule has 182 valence electrons. The van der Waals surface area contributed by atoms with E-state index < -0.39 is 90.6 Å². The molecule has 0 aromatic rings. The first-order chi connectivity index (χ1) is 13.5. The van der Waals surface area contributed by atoms with E-state index in [0.29, 0.717) is 0 Å². The van der Waals surface area contributed by atoms with Crippen molar-refractivity contribution >= 4 is 0 Å². The smallest absolute Gasteiger partial charge is 0.196 e. The normalized spacial score (nSPS) is 34.4. The Morgan fingerprint density at radius 3 is 1.06 bits per heavy atom. The lowest BCUT2D eigenvalue weighted by Crippen LogP contribution is -2.82. The maximum atomic E-state index is 14.7. The van der Waals surface area contributed by atoms with Crippen molar-refractivity contribution in [3.63, 3.8) is 0 Å². The van der Waals surface area contributed by atoms with Crippen LogP contribution in [-0.2, 0) is 0 Å². The van der Waals surface area contributed by atoms with E-state index >= 15 is 0 Å². The minimum Gasteiger partial charge on any atom is -0.196 e. The lowest BCUT2D eigenvalue weighted by Gasteiger charge is -2.71. The zero-order valence-electron chi connectivity index (χ0n) is 14.9. The second kappa shape index (κ2) is 6.09. The summed E-state index contributed by atoms with van der Waals surface area (Å²) in [5.74, 6) is -27.0. The fourth-order valence-corrected chi connectivity index (χ4v) is 6.57. The van der Waals surface area contributed by atoms with E-state index in [0.717, 1.165) is 0 Å². The van der Waals surface area contributed by atoms with Crippen LogP contribution in [0.1, 0.15) is 32.1 Å². The van der Waals surface area contributed by atoms with Crippen molar-refractivity contribution in [3.8, 4) is 0 Å². The number of hydrogen-bond acceptors (Lipinski definition) is 0.